The zero-order valence-electron chi connectivity index (χ0n) is 14.2. The van der Waals surface area contributed by atoms with Gasteiger partial charge in [-0.05, 0) is 92.7 Å². The Morgan fingerprint density at radius 1 is 0.870 bits per heavy atom. The molecule has 3 rings (SSSR count). The van der Waals surface area contributed by atoms with Crippen LogP contribution in [0, 0.1) is 23.6 Å². The van der Waals surface area contributed by atoms with E-state index in [0.29, 0.717) is 5.92 Å². The first-order valence-corrected chi connectivity index (χ1v) is 9.57. The lowest BCUT2D eigenvalue weighted by atomic mass is 9.68. The van der Waals surface area contributed by atoms with E-state index >= 15 is 0 Å². The minimum Gasteiger partial charge on any atom is -0.251 e. The molecule has 0 radical (unpaired) electrons. The molecule has 2 saturated carbocycles. The van der Waals surface area contributed by atoms with E-state index in [1.54, 1.807) is 6.07 Å². The number of rotatable bonds is 5. The summed E-state index contributed by atoms with van der Waals surface area (Å²) in [6, 6.07) is 7.19. The lowest BCUT2D eigenvalue weighted by Gasteiger charge is -2.38. The molecule has 0 heterocycles. The van der Waals surface area contributed by atoms with Gasteiger partial charge < -0.3 is 0 Å². The van der Waals surface area contributed by atoms with Crippen molar-refractivity contribution < 1.29 is 8.78 Å². The fourth-order valence-electron chi connectivity index (χ4n) is 5.00. The number of alkyl halides is 1. The van der Waals surface area contributed by atoms with Gasteiger partial charge in [0.25, 0.3) is 0 Å². The molecule has 1 aromatic carbocycles. The van der Waals surface area contributed by atoms with Crippen LogP contribution in [0.1, 0.15) is 75.7 Å². The van der Waals surface area contributed by atoms with E-state index in [0.717, 1.165) is 30.6 Å². The maximum Gasteiger partial charge on any atom is 0.123 e. The van der Waals surface area contributed by atoms with E-state index < -0.39 is 0 Å². The molecule has 0 atom stereocenters. The van der Waals surface area contributed by atoms with E-state index in [-0.39, 0.29) is 12.5 Å². The highest BCUT2D eigenvalue weighted by Crippen LogP contribution is 2.44. The van der Waals surface area contributed by atoms with Gasteiger partial charge in [0.05, 0.1) is 6.67 Å². The molecule has 2 fully saturated rings. The van der Waals surface area contributed by atoms with Crippen LogP contribution in [0.2, 0.25) is 0 Å². The second-order valence-corrected chi connectivity index (χ2v) is 7.78. The molecular formula is C21H30F2. The largest absolute Gasteiger partial charge is 0.251 e. The first-order chi connectivity index (χ1) is 11.3. The SMILES string of the molecule is FCCCC1CCC(C2CCC(c3cccc(F)c3)CC2)CC1. The molecule has 1 aromatic rings. The number of hydrogen-bond acceptors (Lipinski definition) is 0. The highest BCUT2D eigenvalue weighted by molar-refractivity contribution is 5.21. The summed E-state index contributed by atoms with van der Waals surface area (Å²) in [5.41, 5.74) is 1.19. The molecule has 2 aliphatic carbocycles. The van der Waals surface area contributed by atoms with Gasteiger partial charge in [-0.1, -0.05) is 25.0 Å². The second-order valence-electron chi connectivity index (χ2n) is 7.78. The Kier molecular flexibility index (Phi) is 6.08. The van der Waals surface area contributed by atoms with E-state index in [1.807, 2.05) is 6.07 Å². The Balaban J connectivity index is 1.45. The quantitative estimate of drug-likeness (QED) is 0.569. The maximum atomic E-state index is 13.4. The lowest BCUT2D eigenvalue weighted by Crippen LogP contribution is -2.25. The van der Waals surface area contributed by atoms with Crippen molar-refractivity contribution in [1.29, 1.82) is 0 Å². The third-order valence-electron chi connectivity index (χ3n) is 6.40. The topological polar surface area (TPSA) is 0 Å². The Morgan fingerprint density at radius 2 is 1.52 bits per heavy atom. The zero-order chi connectivity index (χ0) is 16.1. The molecule has 0 unspecified atom stereocenters. The highest BCUT2D eigenvalue weighted by atomic mass is 19.1. The second kappa shape index (κ2) is 8.26. The van der Waals surface area contributed by atoms with Gasteiger partial charge in [0.1, 0.15) is 5.82 Å². The molecule has 0 N–H and O–H groups in total. The van der Waals surface area contributed by atoms with Crippen LogP contribution in [0.25, 0.3) is 0 Å². The van der Waals surface area contributed by atoms with Gasteiger partial charge >= 0.3 is 0 Å². The maximum absolute atomic E-state index is 13.4. The van der Waals surface area contributed by atoms with Gasteiger partial charge in [0.15, 0.2) is 0 Å². The van der Waals surface area contributed by atoms with E-state index in [1.165, 1.54) is 63.0 Å². The van der Waals surface area contributed by atoms with Crippen molar-refractivity contribution >= 4 is 0 Å². The number of halogens is 2. The molecule has 0 nitrogen and oxygen atoms in total. The van der Waals surface area contributed by atoms with Crippen molar-refractivity contribution in [3.63, 3.8) is 0 Å². The molecule has 0 spiro atoms. The molecule has 0 aliphatic heterocycles. The van der Waals surface area contributed by atoms with Crippen molar-refractivity contribution in [2.24, 2.45) is 17.8 Å². The van der Waals surface area contributed by atoms with Gasteiger partial charge in [0.2, 0.25) is 0 Å². The molecule has 0 amide bonds. The van der Waals surface area contributed by atoms with Gasteiger partial charge in [-0.2, -0.15) is 0 Å². The minimum absolute atomic E-state index is 0.101. The Bertz CT molecular complexity index is 468. The van der Waals surface area contributed by atoms with Crippen LogP contribution < -0.4 is 0 Å². The summed E-state index contributed by atoms with van der Waals surface area (Å²) in [7, 11) is 0. The average molecular weight is 320 g/mol. The molecular weight excluding hydrogens is 290 g/mol. The summed E-state index contributed by atoms with van der Waals surface area (Å²) >= 11 is 0. The summed E-state index contributed by atoms with van der Waals surface area (Å²) in [6.07, 6.45) is 12.2. The molecule has 0 aromatic heterocycles. The molecule has 0 saturated heterocycles. The fourth-order valence-corrected chi connectivity index (χ4v) is 5.00. The van der Waals surface area contributed by atoms with Crippen LogP contribution in [0.5, 0.6) is 0 Å². The Hall–Kier alpha value is -0.920. The van der Waals surface area contributed by atoms with Crippen molar-refractivity contribution in [2.45, 2.75) is 70.1 Å². The van der Waals surface area contributed by atoms with Crippen molar-refractivity contribution in [3.8, 4) is 0 Å². The first-order valence-electron chi connectivity index (χ1n) is 9.57. The smallest absolute Gasteiger partial charge is 0.123 e. The zero-order valence-corrected chi connectivity index (χ0v) is 14.2. The summed E-state index contributed by atoms with van der Waals surface area (Å²) in [4.78, 5) is 0. The van der Waals surface area contributed by atoms with E-state index in [9.17, 15) is 8.78 Å². The predicted octanol–water partition coefficient (Wildman–Crippen LogP) is 6.66. The summed E-state index contributed by atoms with van der Waals surface area (Å²) in [5.74, 6) is 3.01. The Morgan fingerprint density at radius 3 is 2.13 bits per heavy atom. The van der Waals surface area contributed by atoms with Crippen LogP contribution in [-0.4, -0.2) is 6.67 Å². The lowest BCUT2D eigenvalue weighted by molar-refractivity contribution is 0.155. The van der Waals surface area contributed by atoms with Crippen molar-refractivity contribution in [1.82, 2.24) is 0 Å². The van der Waals surface area contributed by atoms with Crippen molar-refractivity contribution in [3.05, 3.63) is 35.6 Å². The van der Waals surface area contributed by atoms with Crippen LogP contribution in [-0.2, 0) is 0 Å². The Labute approximate surface area is 139 Å². The van der Waals surface area contributed by atoms with Crippen LogP contribution >= 0.6 is 0 Å². The standard InChI is InChI=1S/C21H30F2/c22-14-2-3-16-6-8-17(9-7-16)18-10-12-19(13-11-18)20-4-1-5-21(23)15-20/h1,4-5,15-19H,2-3,6-14H2. The fraction of sp³-hybridized carbons (Fsp3) is 0.714. The molecule has 128 valence electrons. The van der Waals surface area contributed by atoms with E-state index in [2.05, 4.69) is 6.07 Å². The normalized spacial score (nSPS) is 31.9. The first kappa shape index (κ1) is 16.9. The van der Waals surface area contributed by atoms with Crippen molar-refractivity contribution in [2.75, 3.05) is 6.67 Å². The van der Waals surface area contributed by atoms with Crippen LogP contribution in [0.3, 0.4) is 0 Å². The summed E-state index contributed by atoms with van der Waals surface area (Å²) in [6.45, 7) is -0.149. The third kappa shape index (κ3) is 4.55. The van der Waals surface area contributed by atoms with Crippen LogP contribution in [0.4, 0.5) is 8.78 Å². The van der Waals surface area contributed by atoms with Gasteiger partial charge in [0, 0.05) is 0 Å². The van der Waals surface area contributed by atoms with Crippen LogP contribution in [0.15, 0.2) is 24.3 Å². The van der Waals surface area contributed by atoms with E-state index in [4.69, 9.17) is 0 Å². The van der Waals surface area contributed by atoms with Gasteiger partial charge in [-0.15, -0.1) is 0 Å². The monoisotopic (exact) mass is 320 g/mol. The summed E-state index contributed by atoms with van der Waals surface area (Å²) < 4.78 is 25.7. The molecule has 2 heteroatoms. The van der Waals surface area contributed by atoms with Gasteiger partial charge in [-0.25, -0.2) is 4.39 Å². The highest BCUT2D eigenvalue weighted by Gasteiger charge is 2.31. The predicted molar refractivity (Wildman–Crippen MR) is 91.8 cm³/mol. The molecule has 23 heavy (non-hydrogen) atoms. The van der Waals surface area contributed by atoms with Gasteiger partial charge in [-0.3, -0.25) is 4.39 Å². The number of benzene rings is 1. The molecule has 2 aliphatic rings. The third-order valence-corrected chi connectivity index (χ3v) is 6.40. The molecule has 0 bridgehead atoms. The minimum atomic E-state index is -0.149. The average Bonchev–Trinajstić information content (AvgIpc) is 2.61. The summed E-state index contributed by atoms with van der Waals surface area (Å²) in [5, 5.41) is 0. The number of hydrogen-bond donors (Lipinski definition) is 0.